The van der Waals surface area contributed by atoms with Crippen molar-refractivity contribution in [2.24, 2.45) is 0 Å². The molecule has 2 heterocycles. The molecule has 3 aromatic rings. The van der Waals surface area contributed by atoms with Gasteiger partial charge in [0.1, 0.15) is 11.5 Å². The normalized spacial score (nSPS) is 15.0. The van der Waals surface area contributed by atoms with Gasteiger partial charge in [-0.05, 0) is 48.7 Å². The molecule has 2 amide bonds. The largest absolute Gasteiger partial charge is 0.497 e. The molecule has 9 heteroatoms. The van der Waals surface area contributed by atoms with Gasteiger partial charge in [-0.2, -0.15) is 0 Å². The molecular weight excluding hydrogens is 450 g/mol. The fraction of sp³-hybridized carbons (Fsp3) is 0.346. The summed E-state index contributed by atoms with van der Waals surface area (Å²) in [5.74, 6) is 1.22. The zero-order chi connectivity index (χ0) is 24.6. The van der Waals surface area contributed by atoms with Crippen molar-refractivity contribution in [3.63, 3.8) is 0 Å². The van der Waals surface area contributed by atoms with Crippen LogP contribution in [0, 0.1) is 0 Å². The first-order chi connectivity index (χ1) is 17.1. The minimum Gasteiger partial charge on any atom is -0.497 e. The molecule has 1 atom stereocenters. The van der Waals surface area contributed by atoms with Gasteiger partial charge in [0.05, 0.1) is 26.9 Å². The topological polar surface area (TPSA) is 103 Å². The molecule has 1 fully saturated rings. The second-order valence-electron chi connectivity index (χ2n) is 8.26. The molecule has 35 heavy (non-hydrogen) atoms. The molecule has 0 bridgehead atoms. The number of nitrogens with one attached hydrogen (secondary N) is 1. The van der Waals surface area contributed by atoms with Crippen molar-refractivity contribution >= 4 is 11.8 Å². The third kappa shape index (κ3) is 6.39. The molecule has 2 aromatic carbocycles. The van der Waals surface area contributed by atoms with Crippen molar-refractivity contribution in [2.75, 3.05) is 27.4 Å². The average molecular weight is 480 g/mol. The molecule has 1 unspecified atom stereocenters. The minimum atomic E-state index is -0.361. The monoisotopic (exact) mass is 479 g/mol. The first-order valence-corrected chi connectivity index (χ1v) is 11.5. The number of carbonyl (C=O) groups excluding carboxylic acids is 2. The number of rotatable bonds is 10. The van der Waals surface area contributed by atoms with E-state index in [-0.39, 0.29) is 30.2 Å². The zero-order valence-corrected chi connectivity index (χ0v) is 19.9. The second-order valence-corrected chi connectivity index (χ2v) is 8.26. The molecule has 1 aliphatic heterocycles. The van der Waals surface area contributed by atoms with Crippen LogP contribution in [-0.4, -0.2) is 55.3 Å². The number of aromatic nitrogens is 1. The Morgan fingerprint density at radius 2 is 1.89 bits per heavy atom. The Morgan fingerprint density at radius 1 is 1.09 bits per heavy atom. The summed E-state index contributed by atoms with van der Waals surface area (Å²) in [6, 6.07) is 16.0. The van der Waals surface area contributed by atoms with Gasteiger partial charge < -0.3 is 29.0 Å². The third-order valence-electron chi connectivity index (χ3n) is 5.80. The van der Waals surface area contributed by atoms with E-state index in [1.165, 1.54) is 0 Å². The summed E-state index contributed by atoms with van der Waals surface area (Å²) < 4.78 is 21.6. The number of hydrogen-bond donors (Lipinski definition) is 1. The summed E-state index contributed by atoms with van der Waals surface area (Å²) >= 11 is 0. The number of carbonyl (C=O) groups is 2. The number of amides is 2. The van der Waals surface area contributed by atoms with E-state index in [1.54, 1.807) is 49.5 Å². The number of hydrogen-bond acceptors (Lipinski definition) is 7. The molecule has 0 aliphatic carbocycles. The molecule has 9 nitrogen and oxygen atoms in total. The summed E-state index contributed by atoms with van der Waals surface area (Å²) in [5, 5.41) is 6.73. The maximum atomic E-state index is 13.3. The van der Waals surface area contributed by atoms with Gasteiger partial charge in [-0.3, -0.25) is 9.59 Å². The van der Waals surface area contributed by atoms with Gasteiger partial charge in [0.25, 0.3) is 11.8 Å². The van der Waals surface area contributed by atoms with Crippen LogP contribution in [0.4, 0.5) is 0 Å². The maximum absolute atomic E-state index is 13.3. The van der Waals surface area contributed by atoms with Crippen LogP contribution in [0.1, 0.15) is 45.0 Å². The number of benzene rings is 2. The Bertz CT molecular complexity index is 1140. The molecule has 184 valence electrons. The van der Waals surface area contributed by atoms with Crippen LogP contribution in [0.2, 0.25) is 0 Å². The van der Waals surface area contributed by atoms with Gasteiger partial charge in [-0.25, -0.2) is 0 Å². The van der Waals surface area contributed by atoms with Crippen LogP contribution in [0.15, 0.2) is 59.1 Å². The lowest BCUT2D eigenvalue weighted by Gasteiger charge is -2.24. The van der Waals surface area contributed by atoms with E-state index in [0.29, 0.717) is 36.8 Å². The first-order valence-electron chi connectivity index (χ1n) is 11.5. The van der Waals surface area contributed by atoms with E-state index in [2.05, 4.69) is 10.5 Å². The Hall–Kier alpha value is -3.85. The molecule has 1 saturated heterocycles. The van der Waals surface area contributed by atoms with Gasteiger partial charge in [0.15, 0.2) is 11.5 Å². The number of ether oxygens (including phenoxy) is 3. The van der Waals surface area contributed by atoms with Gasteiger partial charge >= 0.3 is 0 Å². The van der Waals surface area contributed by atoms with Crippen molar-refractivity contribution in [3.8, 4) is 11.5 Å². The van der Waals surface area contributed by atoms with Crippen LogP contribution in [0.5, 0.6) is 11.5 Å². The van der Waals surface area contributed by atoms with Crippen LogP contribution >= 0.6 is 0 Å². The number of nitrogens with zero attached hydrogens (tertiary/aromatic N) is 2. The molecule has 1 N–H and O–H groups in total. The molecule has 0 spiro atoms. The molecular formula is C26H29N3O6. The van der Waals surface area contributed by atoms with Crippen molar-refractivity contribution in [1.29, 1.82) is 0 Å². The highest BCUT2D eigenvalue weighted by Crippen LogP contribution is 2.20. The van der Waals surface area contributed by atoms with Gasteiger partial charge in [-0.15, -0.1) is 0 Å². The van der Waals surface area contributed by atoms with Crippen LogP contribution in [0.3, 0.4) is 0 Å². The molecule has 4 rings (SSSR count). The van der Waals surface area contributed by atoms with Gasteiger partial charge in [0, 0.05) is 31.3 Å². The summed E-state index contributed by atoms with van der Waals surface area (Å²) in [5.41, 5.74) is 1.58. The van der Waals surface area contributed by atoms with Crippen molar-refractivity contribution in [3.05, 3.63) is 77.2 Å². The van der Waals surface area contributed by atoms with E-state index < -0.39 is 0 Å². The molecule has 0 saturated carbocycles. The standard InChI is InChI=1S/C26H29N3O6/c1-32-20-10-8-18(9-11-20)15-27-25(30)24-14-23(35-28-24)17-29(16-22-7-4-12-34-22)26(31)19-5-3-6-21(13-19)33-2/h3,5-6,8-11,13-14,22H,4,7,12,15-17H2,1-2H3,(H,27,30). The maximum Gasteiger partial charge on any atom is 0.273 e. The Kier molecular flexibility index (Phi) is 7.99. The van der Waals surface area contributed by atoms with E-state index in [4.69, 9.17) is 18.7 Å². The van der Waals surface area contributed by atoms with E-state index in [0.717, 1.165) is 24.2 Å². The summed E-state index contributed by atoms with van der Waals surface area (Å²) in [6.07, 6.45) is 1.81. The molecule has 1 aliphatic rings. The summed E-state index contributed by atoms with van der Waals surface area (Å²) in [7, 11) is 3.16. The van der Waals surface area contributed by atoms with Crippen molar-refractivity contribution < 1.29 is 28.3 Å². The minimum absolute atomic E-state index is 0.0419. The fourth-order valence-electron chi connectivity index (χ4n) is 3.89. The molecule has 1 aromatic heterocycles. The molecule has 0 radical (unpaired) electrons. The van der Waals surface area contributed by atoms with Crippen LogP contribution < -0.4 is 14.8 Å². The van der Waals surface area contributed by atoms with Crippen LogP contribution in [0.25, 0.3) is 0 Å². The Labute approximate surface area is 203 Å². The lowest BCUT2D eigenvalue weighted by molar-refractivity contribution is 0.0486. The lowest BCUT2D eigenvalue weighted by atomic mass is 10.1. The highest BCUT2D eigenvalue weighted by Gasteiger charge is 2.25. The predicted octanol–water partition coefficient (Wildman–Crippen LogP) is 3.44. The lowest BCUT2D eigenvalue weighted by Crippen LogP contribution is -2.36. The van der Waals surface area contributed by atoms with E-state index >= 15 is 0 Å². The smallest absolute Gasteiger partial charge is 0.273 e. The van der Waals surface area contributed by atoms with E-state index in [9.17, 15) is 9.59 Å². The van der Waals surface area contributed by atoms with Crippen molar-refractivity contribution in [2.45, 2.75) is 32.0 Å². The highest BCUT2D eigenvalue weighted by molar-refractivity contribution is 5.95. The second kappa shape index (κ2) is 11.5. The summed E-state index contributed by atoms with van der Waals surface area (Å²) in [6.45, 7) is 1.60. The zero-order valence-electron chi connectivity index (χ0n) is 19.9. The Balaban J connectivity index is 1.42. The average Bonchev–Trinajstić information content (AvgIpc) is 3.59. The Morgan fingerprint density at radius 3 is 2.60 bits per heavy atom. The predicted molar refractivity (Wildman–Crippen MR) is 127 cm³/mol. The third-order valence-corrected chi connectivity index (χ3v) is 5.80. The first kappa shape index (κ1) is 24.3. The highest BCUT2D eigenvalue weighted by atomic mass is 16.5. The number of methoxy groups -OCH3 is 2. The van der Waals surface area contributed by atoms with E-state index in [1.807, 2.05) is 24.3 Å². The van der Waals surface area contributed by atoms with Crippen molar-refractivity contribution in [1.82, 2.24) is 15.4 Å². The quantitative estimate of drug-likeness (QED) is 0.475. The van der Waals surface area contributed by atoms with Crippen LogP contribution in [-0.2, 0) is 17.8 Å². The van der Waals surface area contributed by atoms with Gasteiger partial charge in [0.2, 0.25) is 0 Å². The summed E-state index contributed by atoms with van der Waals surface area (Å²) in [4.78, 5) is 27.5. The van der Waals surface area contributed by atoms with Gasteiger partial charge in [-0.1, -0.05) is 23.4 Å². The SMILES string of the molecule is COc1ccc(CNC(=O)c2cc(CN(CC3CCCO3)C(=O)c3cccc(OC)c3)on2)cc1. The fourth-order valence-corrected chi connectivity index (χ4v) is 3.89.